The molecular formula is C18H27N3O5. The number of carbonyl (C=O) groups excluding carboxylic acids is 2. The molecule has 1 aromatic carbocycles. The Morgan fingerprint density at radius 2 is 2.08 bits per heavy atom. The molecule has 8 heteroatoms. The first-order valence-corrected chi connectivity index (χ1v) is 8.54. The van der Waals surface area contributed by atoms with Crippen LogP contribution in [0, 0.1) is 0 Å². The lowest BCUT2D eigenvalue weighted by molar-refractivity contribution is -0.158. The molecule has 4 N–H and O–H groups in total. The molecule has 1 amide bonds. The summed E-state index contributed by atoms with van der Waals surface area (Å²) in [5, 5.41) is 13.2. The minimum absolute atomic E-state index is 0.0175. The van der Waals surface area contributed by atoms with Crippen LogP contribution in [-0.2, 0) is 14.3 Å². The van der Waals surface area contributed by atoms with Gasteiger partial charge >= 0.3 is 12.1 Å². The number of esters is 1. The van der Waals surface area contributed by atoms with Gasteiger partial charge < -0.3 is 25.6 Å². The summed E-state index contributed by atoms with van der Waals surface area (Å²) in [6.45, 7) is 9.21. The number of carbonyl (C=O) groups is 2. The van der Waals surface area contributed by atoms with Crippen molar-refractivity contribution in [3.05, 3.63) is 18.2 Å². The molecule has 2 atom stereocenters. The van der Waals surface area contributed by atoms with Gasteiger partial charge in [-0.2, -0.15) is 0 Å². The molecule has 0 radical (unpaired) electrons. The largest absolute Gasteiger partial charge is 0.506 e. The van der Waals surface area contributed by atoms with E-state index in [4.69, 9.17) is 15.2 Å². The van der Waals surface area contributed by atoms with E-state index in [1.807, 2.05) is 13.8 Å². The van der Waals surface area contributed by atoms with Gasteiger partial charge in [0.2, 0.25) is 0 Å². The van der Waals surface area contributed by atoms with E-state index < -0.39 is 29.8 Å². The van der Waals surface area contributed by atoms with Gasteiger partial charge in [0.25, 0.3) is 0 Å². The smallest absolute Gasteiger partial charge is 0.414 e. The lowest BCUT2D eigenvalue weighted by Gasteiger charge is -2.24. The van der Waals surface area contributed by atoms with Crippen molar-refractivity contribution in [3.63, 3.8) is 0 Å². The summed E-state index contributed by atoms with van der Waals surface area (Å²) < 4.78 is 10.5. The molecule has 1 saturated heterocycles. The maximum absolute atomic E-state index is 12.2. The summed E-state index contributed by atoms with van der Waals surface area (Å²) in [5.41, 5.74) is 6.25. The van der Waals surface area contributed by atoms with Crippen LogP contribution >= 0.6 is 0 Å². The highest BCUT2D eigenvalue weighted by atomic mass is 16.6. The van der Waals surface area contributed by atoms with Crippen molar-refractivity contribution in [1.82, 2.24) is 0 Å². The van der Waals surface area contributed by atoms with Crippen LogP contribution in [0.3, 0.4) is 0 Å². The molecule has 144 valence electrons. The number of cyclic esters (lactones) is 1. The van der Waals surface area contributed by atoms with Gasteiger partial charge in [0.05, 0.1) is 17.9 Å². The first-order chi connectivity index (χ1) is 12.0. The molecule has 8 nitrogen and oxygen atoms in total. The van der Waals surface area contributed by atoms with Crippen LogP contribution < -0.4 is 16.0 Å². The molecule has 1 aromatic rings. The second-order valence-electron chi connectivity index (χ2n) is 7.59. The van der Waals surface area contributed by atoms with Crippen LogP contribution in [0.1, 0.15) is 34.6 Å². The number of phenolic OH excluding ortho intramolecular Hbond substituents is 1. The van der Waals surface area contributed by atoms with Crippen molar-refractivity contribution in [1.29, 1.82) is 0 Å². The van der Waals surface area contributed by atoms with Gasteiger partial charge in [-0.05, 0) is 46.8 Å². The van der Waals surface area contributed by atoms with E-state index in [0.29, 0.717) is 11.4 Å². The predicted molar refractivity (Wildman–Crippen MR) is 98.3 cm³/mol. The van der Waals surface area contributed by atoms with Crippen molar-refractivity contribution in [2.75, 3.05) is 16.8 Å². The van der Waals surface area contributed by atoms with Crippen LogP contribution in [0.5, 0.6) is 5.75 Å². The van der Waals surface area contributed by atoms with Crippen LogP contribution in [0.25, 0.3) is 0 Å². The Hall–Kier alpha value is -2.48. The molecule has 1 aliphatic heterocycles. The molecule has 0 aromatic heterocycles. The Kier molecular flexibility index (Phi) is 5.65. The van der Waals surface area contributed by atoms with E-state index >= 15 is 0 Å². The molecule has 2 rings (SSSR count). The zero-order valence-electron chi connectivity index (χ0n) is 15.8. The van der Waals surface area contributed by atoms with Crippen molar-refractivity contribution in [3.8, 4) is 5.75 Å². The number of hydrogen-bond acceptors (Lipinski definition) is 7. The van der Waals surface area contributed by atoms with Gasteiger partial charge in [0, 0.05) is 12.1 Å². The summed E-state index contributed by atoms with van der Waals surface area (Å²) in [6.07, 6.45) is -1.45. The number of ether oxygens (including phenoxy) is 2. The fourth-order valence-electron chi connectivity index (χ4n) is 2.53. The van der Waals surface area contributed by atoms with Gasteiger partial charge in [-0.1, -0.05) is 0 Å². The van der Waals surface area contributed by atoms with Gasteiger partial charge in [0.1, 0.15) is 23.5 Å². The first kappa shape index (κ1) is 19.8. The fraction of sp³-hybridized carbons (Fsp3) is 0.556. The van der Waals surface area contributed by atoms with Crippen molar-refractivity contribution in [2.45, 2.75) is 58.4 Å². The van der Waals surface area contributed by atoms with Gasteiger partial charge in [-0.25, -0.2) is 4.79 Å². The summed E-state index contributed by atoms with van der Waals surface area (Å²) in [6, 6.07) is 3.90. The summed E-state index contributed by atoms with van der Waals surface area (Å²) in [5.74, 6) is -0.611. The fourth-order valence-corrected chi connectivity index (χ4v) is 2.53. The molecule has 1 heterocycles. The number of nitrogens with two attached hydrogens (primary N) is 1. The molecule has 26 heavy (non-hydrogen) atoms. The summed E-state index contributed by atoms with van der Waals surface area (Å²) >= 11 is 0. The Morgan fingerprint density at radius 3 is 2.62 bits per heavy atom. The molecule has 0 aliphatic carbocycles. The highest BCUT2D eigenvalue weighted by molar-refractivity contribution is 5.91. The number of anilines is 2. The standard InChI is InChI=1S/C18H27N3O5/c1-10(2)20-12-7-6-11(8-13(12)22)21-9-14(25-17(21)24)15(19)16(23)26-18(3,4)5/h6-8,10,14-15,20,22H,9,19H2,1-5H3/t14-,15?/m0/s1. The lowest BCUT2D eigenvalue weighted by Crippen LogP contribution is -2.47. The van der Waals surface area contributed by atoms with Gasteiger partial charge in [-0.15, -0.1) is 0 Å². The normalized spacial score (nSPS) is 18.7. The topological polar surface area (TPSA) is 114 Å². The van der Waals surface area contributed by atoms with Crippen molar-refractivity contribution < 1.29 is 24.2 Å². The van der Waals surface area contributed by atoms with Crippen LogP contribution in [0.15, 0.2) is 18.2 Å². The third kappa shape index (κ3) is 4.78. The molecule has 1 fully saturated rings. The van der Waals surface area contributed by atoms with Crippen molar-refractivity contribution in [2.24, 2.45) is 5.73 Å². The Labute approximate surface area is 153 Å². The maximum atomic E-state index is 12.2. The maximum Gasteiger partial charge on any atom is 0.414 e. The Bertz CT molecular complexity index is 684. The molecule has 0 bridgehead atoms. The first-order valence-electron chi connectivity index (χ1n) is 8.54. The second kappa shape index (κ2) is 7.41. The quantitative estimate of drug-likeness (QED) is 0.541. The number of rotatable bonds is 5. The number of nitrogens with zero attached hydrogens (tertiary/aromatic N) is 1. The number of hydrogen-bond donors (Lipinski definition) is 3. The molecule has 1 aliphatic rings. The minimum Gasteiger partial charge on any atom is -0.506 e. The molecule has 1 unspecified atom stereocenters. The van der Waals surface area contributed by atoms with Gasteiger partial charge in [0.15, 0.2) is 0 Å². The third-order valence-electron chi connectivity index (χ3n) is 3.65. The number of nitrogens with one attached hydrogen (secondary N) is 1. The van der Waals surface area contributed by atoms with E-state index in [0.717, 1.165) is 0 Å². The van der Waals surface area contributed by atoms with E-state index in [2.05, 4.69) is 5.32 Å². The predicted octanol–water partition coefficient (Wildman–Crippen LogP) is 2.21. The van der Waals surface area contributed by atoms with Gasteiger partial charge in [-0.3, -0.25) is 9.69 Å². The number of phenols is 1. The zero-order chi connectivity index (χ0) is 19.6. The molecule has 0 saturated carbocycles. The average Bonchev–Trinajstić information content (AvgIpc) is 2.88. The third-order valence-corrected chi connectivity index (χ3v) is 3.65. The van der Waals surface area contributed by atoms with Crippen LogP contribution in [-0.4, -0.2) is 47.5 Å². The molecule has 0 spiro atoms. The zero-order valence-corrected chi connectivity index (χ0v) is 15.8. The minimum atomic E-state index is -1.08. The van der Waals surface area contributed by atoms with E-state index in [1.54, 1.807) is 32.9 Å². The highest BCUT2D eigenvalue weighted by Crippen LogP contribution is 2.31. The SMILES string of the molecule is CC(C)Nc1ccc(N2C[C@@H](C(N)C(=O)OC(C)(C)C)OC2=O)cc1O. The summed E-state index contributed by atoms with van der Waals surface area (Å²) in [7, 11) is 0. The Morgan fingerprint density at radius 1 is 1.42 bits per heavy atom. The molecular weight excluding hydrogens is 338 g/mol. The summed E-state index contributed by atoms with van der Waals surface area (Å²) in [4.78, 5) is 25.6. The number of aromatic hydroxyl groups is 1. The average molecular weight is 365 g/mol. The van der Waals surface area contributed by atoms with E-state index in [-0.39, 0.29) is 18.3 Å². The van der Waals surface area contributed by atoms with Crippen LogP contribution in [0.2, 0.25) is 0 Å². The monoisotopic (exact) mass is 365 g/mol. The second-order valence-corrected chi connectivity index (χ2v) is 7.59. The van der Waals surface area contributed by atoms with Crippen LogP contribution in [0.4, 0.5) is 16.2 Å². The van der Waals surface area contributed by atoms with Crippen molar-refractivity contribution >= 4 is 23.4 Å². The lowest BCUT2D eigenvalue weighted by atomic mass is 10.1. The highest BCUT2D eigenvalue weighted by Gasteiger charge is 2.40. The Balaban J connectivity index is 2.10. The van der Waals surface area contributed by atoms with E-state index in [9.17, 15) is 14.7 Å². The van der Waals surface area contributed by atoms with E-state index in [1.165, 1.54) is 11.0 Å². The number of benzene rings is 1. The number of amides is 1.